The Kier molecular flexibility index (Phi) is 5.28. The summed E-state index contributed by atoms with van der Waals surface area (Å²) >= 11 is 7.14. The molecule has 0 radical (unpaired) electrons. The number of hydrogen-bond donors (Lipinski definition) is 1. The fourth-order valence-electron chi connectivity index (χ4n) is 2.74. The van der Waals surface area contributed by atoms with Gasteiger partial charge in [0.2, 0.25) is 0 Å². The lowest BCUT2D eigenvalue weighted by molar-refractivity contribution is 0.597. The largest absolute Gasteiger partial charge is 0.278 e. The molecule has 0 saturated heterocycles. The molecule has 0 aliphatic heterocycles. The molecule has 0 spiro atoms. The maximum Gasteiger partial charge on any atom is 0.271 e. The van der Waals surface area contributed by atoms with E-state index in [9.17, 15) is 16.8 Å². The zero-order valence-corrected chi connectivity index (χ0v) is 18.1. The van der Waals surface area contributed by atoms with Crippen LogP contribution >= 0.6 is 22.9 Å². The number of fused-ring (bicyclic) bond motifs is 1. The summed E-state index contributed by atoms with van der Waals surface area (Å²) in [6, 6.07) is 9.83. The first-order valence-corrected chi connectivity index (χ1v) is 12.4. The molecule has 1 aromatic heterocycles. The summed E-state index contributed by atoms with van der Waals surface area (Å²) in [6.07, 6.45) is 0. The Balaban J connectivity index is 2.13. The van der Waals surface area contributed by atoms with Gasteiger partial charge in [-0.15, -0.1) is 11.3 Å². The second-order valence-corrected chi connectivity index (χ2v) is 11.8. The number of sulfonamides is 1. The molecule has 0 aliphatic rings. The van der Waals surface area contributed by atoms with Crippen LogP contribution in [0, 0.1) is 13.8 Å². The smallest absolute Gasteiger partial charge is 0.271 e. The molecule has 1 heterocycles. The maximum absolute atomic E-state index is 13.0. The van der Waals surface area contributed by atoms with Crippen molar-refractivity contribution in [2.24, 2.45) is 0 Å². The average Bonchev–Trinajstić information content (AvgIpc) is 2.93. The first-order chi connectivity index (χ1) is 12.5. The van der Waals surface area contributed by atoms with E-state index in [0.29, 0.717) is 10.6 Å². The third kappa shape index (κ3) is 3.85. The number of nitrogens with one attached hydrogen (secondary N) is 1. The van der Waals surface area contributed by atoms with Crippen molar-refractivity contribution in [3.05, 3.63) is 52.5 Å². The number of benzene rings is 2. The fourth-order valence-corrected chi connectivity index (χ4v) is 6.94. The summed E-state index contributed by atoms with van der Waals surface area (Å²) in [5.41, 5.74) is 1.37. The van der Waals surface area contributed by atoms with Gasteiger partial charge >= 0.3 is 0 Å². The zero-order valence-electron chi connectivity index (χ0n) is 14.9. The topological polar surface area (TPSA) is 80.3 Å². The van der Waals surface area contributed by atoms with E-state index in [-0.39, 0.29) is 20.5 Å². The van der Waals surface area contributed by atoms with Crippen LogP contribution in [0.1, 0.15) is 18.1 Å². The van der Waals surface area contributed by atoms with Gasteiger partial charge in [0.1, 0.15) is 4.21 Å². The molecule has 0 aliphatic carbocycles. The van der Waals surface area contributed by atoms with Crippen molar-refractivity contribution in [2.45, 2.75) is 29.9 Å². The fraction of sp³-hybridized carbons (Fsp3) is 0.222. The molecule has 0 atom stereocenters. The van der Waals surface area contributed by atoms with E-state index in [2.05, 4.69) is 4.72 Å². The third-order valence-corrected chi connectivity index (χ3v) is 9.46. The van der Waals surface area contributed by atoms with E-state index in [4.69, 9.17) is 11.6 Å². The molecule has 0 amide bonds. The maximum atomic E-state index is 13.0. The van der Waals surface area contributed by atoms with Gasteiger partial charge < -0.3 is 0 Å². The number of halogens is 1. The quantitative estimate of drug-likeness (QED) is 0.616. The number of hydrogen-bond acceptors (Lipinski definition) is 5. The Hall–Kier alpha value is -1.61. The van der Waals surface area contributed by atoms with Crippen LogP contribution in [0.15, 0.2) is 45.5 Å². The second-order valence-electron chi connectivity index (χ2n) is 6.16. The van der Waals surface area contributed by atoms with Crippen LogP contribution in [0.3, 0.4) is 0 Å². The number of thiophene rings is 1. The van der Waals surface area contributed by atoms with Gasteiger partial charge in [-0.05, 0) is 60.7 Å². The molecule has 3 aromatic rings. The summed E-state index contributed by atoms with van der Waals surface area (Å²) in [6.45, 7) is 4.99. The van der Waals surface area contributed by atoms with Gasteiger partial charge in [-0.2, -0.15) is 0 Å². The van der Waals surface area contributed by atoms with Crippen LogP contribution in [0.2, 0.25) is 5.02 Å². The lowest BCUT2D eigenvalue weighted by Gasteiger charge is -2.13. The van der Waals surface area contributed by atoms with Crippen molar-refractivity contribution in [1.82, 2.24) is 0 Å². The Morgan fingerprint density at radius 3 is 2.41 bits per heavy atom. The van der Waals surface area contributed by atoms with E-state index < -0.39 is 19.9 Å². The first-order valence-electron chi connectivity index (χ1n) is 8.10. The lowest BCUT2D eigenvalue weighted by Crippen LogP contribution is -2.16. The average molecular weight is 444 g/mol. The van der Waals surface area contributed by atoms with Crippen molar-refractivity contribution in [3.8, 4) is 0 Å². The van der Waals surface area contributed by atoms with Crippen LogP contribution in [0.4, 0.5) is 5.69 Å². The molecular weight excluding hydrogens is 426 g/mol. The monoisotopic (exact) mass is 443 g/mol. The molecule has 2 aromatic carbocycles. The van der Waals surface area contributed by atoms with Crippen LogP contribution < -0.4 is 4.72 Å². The highest BCUT2D eigenvalue weighted by Gasteiger charge is 2.25. The molecule has 0 fully saturated rings. The summed E-state index contributed by atoms with van der Waals surface area (Å²) < 4.78 is 54.2. The Morgan fingerprint density at radius 1 is 1.04 bits per heavy atom. The second kappa shape index (κ2) is 7.09. The molecular formula is C18H18ClNO4S3. The number of aryl methyl sites for hydroxylation is 2. The molecule has 5 nitrogen and oxygen atoms in total. The molecule has 144 valence electrons. The van der Waals surface area contributed by atoms with Gasteiger partial charge in [0.25, 0.3) is 10.0 Å². The Morgan fingerprint density at radius 2 is 1.74 bits per heavy atom. The molecule has 1 N–H and O–H groups in total. The summed E-state index contributed by atoms with van der Waals surface area (Å²) in [5, 5.41) is 1.29. The van der Waals surface area contributed by atoms with Gasteiger partial charge in [-0.1, -0.05) is 24.6 Å². The van der Waals surface area contributed by atoms with E-state index in [0.717, 1.165) is 27.0 Å². The highest BCUT2D eigenvalue weighted by atomic mass is 35.5. The van der Waals surface area contributed by atoms with Gasteiger partial charge in [0, 0.05) is 9.72 Å². The number of anilines is 1. The van der Waals surface area contributed by atoms with Crippen LogP contribution in [-0.4, -0.2) is 22.6 Å². The van der Waals surface area contributed by atoms with Gasteiger partial charge in [0.05, 0.1) is 16.3 Å². The van der Waals surface area contributed by atoms with Crippen LogP contribution in [0.25, 0.3) is 10.1 Å². The number of sulfone groups is 1. The van der Waals surface area contributed by atoms with Gasteiger partial charge in [-0.3, -0.25) is 4.72 Å². The third-order valence-electron chi connectivity index (χ3n) is 4.20. The standard InChI is InChI=1S/C18H18ClNO4S3/c1-4-26(21,22)17-9-11(2)5-7-15(17)20-27(23,24)18-12(3)14-10-13(19)6-8-16(14)25-18/h5-10,20H,4H2,1-3H3. The van der Waals surface area contributed by atoms with Crippen molar-refractivity contribution in [3.63, 3.8) is 0 Å². The highest BCUT2D eigenvalue weighted by Crippen LogP contribution is 2.37. The zero-order chi connectivity index (χ0) is 20.0. The van der Waals surface area contributed by atoms with E-state index in [1.54, 1.807) is 38.1 Å². The minimum atomic E-state index is -3.96. The first kappa shape index (κ1) is 20.1. The van der Waals surface area contributed by atoms with Crippen molar-refractivity contribution in [2.75, 3.05) is 10.5 Å². The van der Waals surface area contributed by atoms with Crippen molar-refractivity contribution >= 4 is 58.6 Å². The predicted molar refractivity (Wildman–Crippen MR) is 111 cm³/mol. The molecule has 0 bridgehead atoms. The van der Waals surface area contributed by atoms with Crippen molar-refractivity contribution in [1.29, 1.82) is 0 Å². The summed E-state index contributed by atoms with van der Waals surface area (Å²) in [4.78, 5) is -0.0182. The van der Waals surface area contributed by atoms with E-state index in [1.165, 1.54) is 19.1 Å². The SMILES string of the molecule is CCS(=O)(=O)c1cc(C)ccc1NS(=O)(=O)c1sc2ccc(Cl)cc2c1C. The van der Waals surface area contributed by atoms with E-state index >= 15 is 0 Å². The van der Waals surface area contributed by atoms with Crippen molar-refractivity contribution < 1.29 is 16.8 Å². The minimum Gasteiger partial charge on any atom is -0.278 e. The normalized spacial score (nSPS) is 12.4. The lowest BCUT2D eigenvalue weighted by atomic mass is 10.2. The summed E-state index contributed by atoms with van der Waals surface area (Å²) in [5.74, 6) is -0.119. The number of rotatable bonds is 5. The Bertz CT molecular complexity index is 1250. The predicted octanol–water partition coefficient (Wildman–Crippen LogP) is 4.77. The molecule has 9 heteroatoms. The van der Waals surface area contributed by atoms with Crippen LogP contribution in [-0.2, 0) is 19.9 Å². The van der Waals surface area contributed by atoms with Gasteiger partial charge in [0.15, 0.2) is 9.84 Å². The van der Waals surface area contributed by atoms with Gasteiger partial charge in [-0.25, -0.2) is 16.8 Å². The molecule has 3 rings (SSSR count). The van der Waals surface area contributed by atoms with E-state index in [1.807, 2.05) is 0 Å². The summed E-state index contributed by atoms with van der Waals surface area (Å²) in [7, 11) is -7.55. The minimum absolute atomic E-state index is 0.0182. The Labute approximate surface area is 168 Å². The van der Waals surface area contributed by atoms with Crippen LogP contribution in [0.5, 0.6) is 0 Å². The molecule has 27 heavy (non-hydrogen) atoms. The molecule has 0 unspecified atom stereocenters. The molecule has 0 saturated carbocycles. The highest BCUT2D eigenvalue weighted by molar-refractivity contribution is 7.95.